The highest BCUT2D eigenvalue weighted by molar-refractivity contribution is 7.98. The van der Waals surface area contributed by atoms with Gasteiger partial charge in [0.2, 0.25) is 17.7 Å². The lowest BCUT2D eigenvalue weighted by Crippen LogP contribution is -2.54. The largest absolute Gasteiger partial charge is 0.480 e. The SMILES string of the molecule is CSCCC(NC(=O)CNC(=O)C(N)CC(C)C)C(=O)NC(CCCN=C(N)N)C(=O)O. The monoisotopic (exact) mass is 475 g/mol. The van der Waals surface area contributed by atoms with E-state index >= 15 is 0 Å². The molecule has 0 saturated carbocycles. The van der Waals surface area contributed by atoms with Crippen LogP contribution in [0.15, 0.2) is 4.99 Å². The average molecular weight is 476 g/mol. The Morgan fingerprint density at radius 3 is 2.22 bits per heavy atom. The summed E-state index contributed by atoms with van der Waals surface area (Å²) < 4.78 is 0. The Morgan fingerprint density at radius 2 is 1.69 bits per heavy atom. The first-order chi connectivity index (χ1) is 15.0. The van der Waals surface area contributed by atoms with Crippen LogP contribution in [0.5, 0.6) is 0 Å². The lowest BCUT2D eigenvalue weighted by molar-refractivity contribution is -0.142. The van der Waals surface area contributed by atoms with E-state index in [-0.39, 0.29) is 31.4 Å². The summed E-state index contributed by atoms with van der Waals surface area (Å²) in [5, 5.41) is 16.8. The number of carboxylic acids is 1. The number of nitrogens with two attached hydrogens (primary N) is 3. The number of hydrogen-bond donors (Lipinski definition) is 7. The van der Waals surface area contributed by atoms with Gasteiger partial charge in [-0.3, -0.25) is 19.4 Å². The van der Waals surface area contributed by atoms with Gasteiger partial charge in [0.1, 0.15) is 12.1 Å². The van der Waals surface area contributed by atoms with Crippen molar-refractivity contribution in [3.05, 3.63) is 0 Å². The van der Waals surface area contributed by atoms with Crippen LogP contribution in [0.25, 0.3) is 0 Å². The molecule has 0 fully saturated rings. The number of hydrogen-bond acceptors (Lipinski definition) is 7. The van der Waals surface area contributed by atoms with Gasteiger partial charge in [-0.05, 0) is 43.6 Å². The van der Waals surface area contributed by atoms with Gasteiger partial charge in [-0.25, -0.2) is 4.79 Å². The number of rotatable bonds is 16. The maximum Gasteiger partial charge on any atom is 0.326 e. The van der Waals surface area contributed by atoms with Crippen molar-refractivity contribution in [2.75, 3.05) is 25.1 Å². The molecule has 0 spiro atoms. The van der Waals surface area contributed by atoms with E-state index in [0.29, 0.717) is 25.0 Å². The summed E-state index contributed by atoms with van der Waals surface area (Å²) in [5.41, 5.74) is 16.2. The molecule has 3 atom stereocenters. The maximum absolute atomic E-state index is 12.6. The molecule has 3 amide bonds. The molecule has 13 heteroatoms. The van der Waals surface area contributed by atoms with Gasteiger partial charge in [0.05, 0.1) is 12.6 Å². The van der Waals surface area contributed by atoms with Gasteiger partial charge >= 0.3 is 5.97 Å². The van der Waals surface area contributed by atoms with E-state index in [1.165, 1.54) is 11.8 Å². The summed E-state index contributed by atoms with van der Waals surface area (Å²) in [4.78, 5) is 52.1. The molecule has 0 aromatic rings. The van der Waals surface area contributed by atoms with E-state index in [1.54, 1.807) is 0 Å². The van der Waals surface area contributed by atoms with Crippen LogP contribution in [0, 0.1) is 5.92 Å². The van der Waals surface area contributed by atoms with Crippen molar-refractivity contribution in [1.29, 1.82) is 0 Å². The fraction of sp³-hybridized carbons (Fsp3) is 0.737. The molecule has 3 unspecified atom stereocenters. The summed E-state index contributed by atoms with van der Waals surface area (Å²) in [5.74, 6) is -2.16. The van der Waals surface area contributed by atoms with Gasteiger partial charge in [0, 0.05) is 6.54 Å². The van der Waals surface area contributed by atoms with Crippen LogP contribution in [0.4, 0.5) is 0 Å². The standard InChI is InChI=1S/C19H37N7O5S/c1-11(2)9-12(20)16(28)24-10-15(27)25-13(6-8-32-3)17(29)26-14(18(30)31)5-4-7-23-19(21)22/h11-14H,4-10,20H2,1-3H3,(H,24,28)(H,25,27)(H,26,29)(H,30,31)(H4,21,22,23). The number of aliphatic carboxylic acids is 1. The molecule has 0 rings (SSSR count). The Balaban J connectivity index is 4.86. The number of nitrogens with one attached hydrogen (secondary N) is 3. The zero-order valence-corrected chi connectivity index (χ0v) is 19.7. The molecule has 0 aliphatic rings. The first-order valence-corrected chi connectivity index (χ1v) is 11.8. The van der Waals surface area contributed by atoms with Gasteiger partial charge in [-0.1, -0.05) is 13.8 Å². The van der Waals surface area contributed by atoms with E-state index in [2.05, 4.69) is 20.9 Å². The lowest BCUT2D eigenvalue weighted by atomic mass is 10.0. The van der Waals surface area contributed by atoms with Crippen LogP contribution >= 0.6 is 11.8 Å². The Bertz CT molecular complexity index is 656. The smallest absolute Gasteiger partial charge is 0.326 e. The maximum atomic E-state index is 12.6. The molecule has 32 heavy (non-hydrogen) atoms. The van der Waals surface area contributed by atoms with Crippen molar-refractivity contribution in [1.82, 2.24) is 16.0 Å². The number of carboxylic acid groups (broad SMARTS) is 1. The van der Waals surface area contributed by atoms with E-state index in [1.807, 2.05) is 20.1 Å². The Morgan fingerprint density at radius 1 is 1.03 bits per heavy atom. The minimum absolute atomic E-state index is 0.0991. The lowest BCUT2D eigenvalue weighted by Gasteiger charge is -2.21. The Kier molecular flexibility index (Phi) is 14.9. The van der Waals surface area contributed by atoms with Crippen molar-refractivity contribution < 1.29 is 24.3 Å². The summed E-state index contributed by atoms with van der Waals surface area (Å²) in [6.45, 7) is 3.75. The second kappa shape index (κ2) is 16.1. The fourth-order valence-electron chi connectivity index (χ4n) is 2.70. The molecule has 0 heterocycles. The van der Waals surface area contributed by atoms with Crippen LogP contribution in [0.1, 0.15) is 39.5 Å². The number of nitrogens with zero attached hydrogens (tertiary/aromatic N) is 1. The van der Waals surface area contributed by atoms with E-state index in [0.717, 1.165) is 0 Å². The van der Waals surface area contributed by atoms with Crippen LogP contribution in [0.2, 0.25) is 0 Å². The third-order valence-electron chi connectivity index (χ3n) is 4.31. The van der Waals surface area contributed by atoms with Crippen LogP contribution in [0.3, 0.4) is 0 Å². The molecule has 0 saturated heterocycles. The van der Waals surface area contributed by atoms with Gasteiger partial charge in [-0.15, -0.1) is 0 Å². The topological polar surface area (TPSA) is 215 Å². The number of guanidine groups is 1. The number of thioether (sulfide) groups is 1. The van der Waals surface area contributed by atoms with Crippen molar-refractivity contribution in [3.8, 4) is 0 Å². The quantitative estimate of drug-likeness (QED) is 0.0771. The van der Waals surface area contributed by atoms with Gasteiger partial charge in [0.25, 0.3) is 0 Å². The molecule has 184 valence electrons. The first-order valence-electron chi connectivity index (χ1n) is 10.4. The fourth-order valence-corrected chi connectivity index (χ4v) is 3.17. The zero-order valence-electron chi connectivity index (χ0n) is 18.9. The molecule has 0 aliphatic heterocycles. The Labute approximate surface area is 192 Å². The third-order valence-corrected chi connectivity index (χ3v) is 4.95. The highest BCUT2D eigenvalue weighted by Crippen LogP contribution is 2.05. The average Bonchev–Trinajstić information content (AvgIpc) is 2.70. The predicted molar refractivity (Wildman–Crippen MR) is 125 cm³/mol. The summed E-state index contributed by atoms with van der Waals surface area (Å²) in [6, 6.07) is -2.83. The number of amides is 3. The van der Waals surface area contributed by atoms with Gasteiger partial charge in [-0.2, -0.15) is 11.8 Å². The summed E-state index contributed by atoms with van der Waals surface area (Å²) >= 11 is 1.47. The molecule has 10 N–H and O–H groups in total. The van der Waals surface area contributed by atoms with E-state index in [4.69, 9.17) is 17.2 Å². The number of carbonyl (C=O) groups is 4. The summed E-state index contributed by atoms with van der Waals surface area (Å²) in [7, 11) is 0. The molecule has 0 aromatic carbocycles. The minimum atomic E-state index is -1.20. The van der Waals surface area contributed by atoms with Crippen LogP contribution < -0.4 is 33.2 Å². The number of aliphatic imine (C=N–C) groups is 1. The highest BCUT2D eigenvalue weighted by Gasteiger charge is 2.26. The second-order valence-electron chi connectivity index (χ2n) is 7.70. The predicted octanol–water partition coefficient (Wildman–Crippen LogP) is -1.66. The van der Waals surface area contributed by atoms with Crippen molar-refractivity contribution in [2.45, 2.75) is 57.7 Å². The molecule has 0 aliphatic carbocycles. The molecule has 0 radical (unpaired) electrons. The minimum Gasteiger partial charge on any atom is -0.480 e. The zero-order chi connectivity index (χ0) is 24.7. The molecular formula is C19H37N7O5S. The molecule has 12 nitrogen and oxygen atoms in total. The summed E-state index contributed by atoms with van der Waals surface area (Å²) in [6.07, 6.45) is 3.08. The van der Waals surface area contributed by atoms with Crippen molar-refractivity contribution in [3.63, 3.8) is 0 Å². The van der Waals surface area contributed by atoms with Crippen molar-refractivity contribution in [2.24, 2.45) is 28.1 Å². The Hall–Kier alpha value is -2.54. The van der Waals surface area contributed by atoms with E-state index < -0.39 is 41.8 Å². The molecule has 0 bridgehead atoms. The molecule has 0 aromatic heterocycles. The first kappa shape index (κ1) is 29.5. The van der Waals surface area contributed by atoms with E-state index in [9.17, 15) is 24.3 Å². The van der Waals surface area contributed by atoms with Crippen LogP contribution in [-0.2, 0) is 19.2 Å². The van der Waals surface area contributed by atoms with Crippen LogP contribution in [-0.4, -0.2) is 78.0 Å². The highest BCUT2D eigenvalue weighted by atomic mass is 32.2. The third kappa shape index (κ3) is 13.7. The second-order valence-corrected chi connectivity index (χ2v) is 8.69. The molecular weight excluding hydrogens is 438 g/mol. The van der Waals surface area contributed by atoms with Gasteiger partial charge in [0.15, 0.2) is 5.96 Å². The van der Waals surface area contributed by atoms with Gasteiger partial charge < -0.3 is 38.3 Å². The van der Waals surface area contributed by atoms with Crippen molar-refractivity contribution >= 4 is 41.4 Å². The number of carbonyl (C=O) groups excluding carboxylic acids is 3. The normalized spacial score (nSPS) is 13.5.